The predicted molar refractivity (Wildman–Crippen MR) is 124 cm³/mol. The number of carbonyl (C=O) groups is 1. The Hall–Kier alpha value is -0.830. The number of unbranched alkanes of at least 4 members (excludes halogenated alkanes) is 19. The lowest BCUT2D eigenvalue weighted by Crippen LogP contribution is -2.25. The van der Waals surface area contributed by atoms with E-state index in [4.69, 9.17) is 5.73 Å². The standard InChI is InChI=1S/C25H50N2O/c1-2-3-4-5-6-7-8-9-10-11-12-13-14-15-16-17-18-19-20-21-22-23-27-25(28)24-26/h22-23H,2-21,24,26H2,1H3,(H,27,28). The van der Waals surface area contributed by atoms with Crippen molar-refractivity contribution in [3.63, 3.8) is 0 Å². The fourth-order valence-corrected chi connectivity index (χ4v) is 3.63. The topological polar surface area (TPSA) is 55.1 Å². The Bertz CT molecular complexity index is 341. The van der Waals surface area contributed by atoms with E-state index in [-0.39, 0.29) is 12.5 Å². The Morgan fingerprint density at radius 1 is 0.643 bits per heavy atom. The van der Waals surface area contributed by atoms with Crippen LogP contribution in [0.4, 0.5) is 0 Å². The summed E-state index contributed by atoms with van der Waals surface area (Å²) in [6.07, 6.45) is 31.6. The van der Waals surface area contributed by atoms with Crippen LogP contribution in [0.3, 0.4) is 0 Å². The Kier molecular flexibility index (Phi) is 23.5. The number of carbonyl (C=O) groups excluding carboxylic acids is 1. The molecular weight excluding hydrogens is 344 g/mol. The Balaban J connectivity index is 3.06. The summed E-state index contributed by atoms with van der Waals surface area (Å²) in [5.41, 5.74) is 5.22. The van der Waals surface area contributed by atoms with Crippen molar-refractivity contribution in [2.45, 2.75) is 135 Å². The van der Waals surface area contributed by atoms with E-state index in [1.54, 1.807) is 6.20 Å². The van der Waals surface area contributed by atoms with E-state index in [0.29, 0.717) is 0 Å². The van der Waals surface area contributed by atoms with E-state index in [1.807, 2.05) is 6.08 Å². The maximum absolute atomic E-state index is 10.9. The van der Waals surface area contributed by atoms with Crippen molar-refractivity contribution in [1.82, 2.24) is 5.32 Å². The van der Waals surface area contributed by atoms with Gasteiger partial charge in [-0.25, -0.2) is 0 Å². The van der Waals surface area contributed by atoms with Crippen molar-refractivity contribution < 1.29 is 4.79 Å². The Morgan fingerprint density at radius 2 is 1.00 bits per heavy atom. The Morgan fingerprint density at radius 3 is 1.36 bits per heavy atom. The van der Waals surface area contributed by atoms with Gasteiger partial charge in [-0.05, 0) is 19.0 Å². The first kappa shape index (κ1) is 27.2. The summed E-state index contributed by atoms with van der Waals surface area (Å²) in [4.78, 5) is 10.9. The van der Waals surface area contributed by atoms with Crippen LogP contribution in [0.2, 0.25) is 0 Å². The molecule has 0 aliphatic rings. The molecule has 0 heterocycles. The number of allylic oxidation sites excluding steroid dienone is 1. The van der Waals surface area contributed by atoms with Gasteiger partial charge in [0.05, 0.1) is 6.54 Å². The molecule has 166 valence electrons. The monoisotopic (exact) mass is 394 g/mol. The number of rotatable bonds is 22. The van der Waals surface area contributed by atoms with E-state index < -0.39 is 0 Å². The van der Waals surface area contributed by atoms with Gasteiger partial charge in [-0.15, -0.1) is 0 Å². The minimum Gasteiger partial charge on any atom is -0.332 e. The minimum absolute atomic E-state index is 0.0591. The van der Waals surface area contributed by atoms with Gasteiger partial charge >= 0.3 is 0 Å². The highest BCUT2D eigenvalue weighted by Gasteiger charge is 1.95. The van der Waals surface area contributed by atoms with E-state index in [2.05, 4.69) is 12.2 Å². The zero-order chi connectivity index (χ0) is 20.5. The predicted octanol–water partition coefficient (Wildman–Crippen LogP) is 7.40. The van der Waals surface area contributed by atoms with Crippen molar-refractivity contribution in [2.24, 2.45) is 5.73 Å². The highest BCUT2D eigenvalue weighted by atomic mass is 16.1. The molecule has 3 nitrogen and oxygen atoms in total. The van der Waals surface area contributed by atoms with Crippen molar-refractivity contribution in [3.05, 3.63) is 12.3 Å². The molecule has 28 heavy (non-hydrogen) atoms. The number of hydrogen-bond acceptors (Lipinski definition) is 2. The first-order valence-electron chi connectivity index (χ1n) is 12.5. The maximum Gasteiger partial charge on any atom is 0.237 e. The molecule has 0 fully saturated rings. The molecule has 1 amide bonds. The van der Waals surface area contributed by atoms with Gasteiger partial charge in [-0.3, -0.25) is 4.79 Å². The zero-order valence-corrected chi connectivity index (χ0v) is 19.0. The summed E-state index contributed by atoms with van der Waals surface area (Å²) in [7, 11) is 0. The second kappa shape index (κ2) is 24.2. The molecule has 0 radical (unpaired) electrons. The van der Waals surface area contributed by atoms with Gasteiger partial charge in [0.2, 0.25) is 5.91 Å². The lowest BCUT2D eigenvalue weighted by Gasteiger charge is -2.04. The average Bonchev–Trinajstić information content (AvgIpc) is 2.71. The number of nitrogens with one attached hydrogen (secondary N) is 1. The summed E-state index contributed by atoms with van der Waals surface area (Å²) < 4.78 is 0. The van der Waals surface area contributed by atoms with Gasteiger partial charge in [0.15, 0.2) is 0 Å². The molecule has 0 saturated heterocycles. The molecule has 0 aliphatic heterocycles. The van der Waals surface area contributed by atoms with Crippen LogP contribution in [0.15, 0.2) is 12.3 Å². The number of hydrogen-bond donors (Lipinski definition) is 2. The van der Waals surface area contributed by atoms with E-state index in [1.165, 1.54) is 122 Å². The summed E-state index contributed by atoms with van der Waals surface area (Å²) in [6.45, 7) is 2.35. The highest BCUT2D eigenvalue weighted by molar-refractivity contribution is 5.78. The highest BCUT2D eigenvalue weighted by Crippen LogP contribution is 2.14. The van der Waals surface area contributed by atoms with Crippen molar-refractivity contribution in [2.75, 3.05) is 6.54 Å². The van der Waals surface area contributed by atoms with Crippen molar-refractivity contribution in [1.29, 1.82) is 0 Å². The van der Waals surface area contributed by atoms with Gasteiger partial charge in [-0.2, -0.15) is 0 Å². The van der Waals surface area contributed by atoms with Gasteiger partial charge in [0.25, 0.3) is 0 Å². The molecule has 3 N–H and O–H groups in total. The molecule has 0 bridgehead atoms. The summed E-state index contributed by atoms with van der Waals surface area (Å²) in [5.74, 6) is -0.121. The van der Waals surface area contributed by atoms with Gasteiger partial charge in [0, 0.05) is 0 Å². The third-order valence-electron chi connectivity index (χ3n) is 5.52. The van der Waals surface area contributed by atoms with Gasteiger partial charge in [0.1, 0.15) is 0 Å². The molecule has 0 aromatic carbocycles. The first-order chi connectivity index (χ1) is 13.8. The van der Waals surface area contributed by atoms with Gasteiger partial charge < -0.3 is 11.1 Å². The smallest absolute Gasteiger partial charge is 0.237 e. The first-order valence-corrected chi connectivity index (χ1v) is 12.5. The molecule has 0 rings (SSSR count). The fraction of sp³-hybridized carbons (Fsp3) is 0.880. The average molecular weight is 395 g/mol. The molecule has 0 saturated carbocycles. The Labute approximate surface area is 176 Å². The second-order valence-electron chi connectivity index (χ2n) is 8.33. The van der Waals surface area contributed by atoms with Crippen LogP contribution < -0.4 is 11.1 Å². The second-order valence-corrected chi connectivity index (χ2v) is 8.33. The number of nitrogens with two attached hydrogens (primary N) is 1. The van der Waals surface area contributed by atoms with E-state index >= 15 is 0 Å². The molecule has 0 aromatic rings. The molecule has 0 aliphatic carbocycles. The normalized spacial score (nSPS) is 11.4. The van der Waals surface area contributed by atoms with Crippen LogP contribution in [0.1, 0.15) is 135 Å². The zero-order valence-electron chi connectivity index (χ0n) is 19.0. The quantitative estimate of drug-likeness (QED) is 0.188. The van der Waals surface area contributed by atoms with Crippen LogP contribution in [0.5, 0.6) is 0 Å². The molecule has 0 unspecified atom stereocenters. The van der Waals surface area contributed by atoms with Crippen LogP contribution >= 0.6 is 0 Å². The molecule has 3 heteroatoms. The molecule has 0 aromatic heterocycles. The molecular formula is C25H50N2O. The van der Waals surface area contributed by atoms with Crippen molar-refractivity contribution >= 4 is 5.91 Å². The van der Waals surface area contributed by atoms with Crippen LogP contribution in [-0.4, -0.2) is 12.5 Å². The van der Waals surface area contributed by atoms with Crippen LogP contribution in [-0.2, 0) is 4.79 Å². The fourth-order valence-electron chi connectivity index (χ4n) is 3.63. The summed E-state index contributed by atoms with van der Waals surface area (Å²) in [5, 5.41) is 2.65. The molecule has 0 spiro atoms. The van der Waals surface area contributed by atoms with Crippen molar-refractivity contribution in [3.8, 4) is 0 Å². The lowest BCUT2D eigenvalue weighted by molar-refractivity contribution is -0.118. The van der Waals surface area contributed by atoms with Crippen LogP contribution in [0.25, 0.3) is 0 Å². The molecule has 0 atom stereocenters. The minimum atomic E-state index is -0.121. The summed E-state index contributed by atoms with van der Waals surface area (Å²) >= 11 is 0. The third kappa shape index (κ3) is 23.2. The lowest BCUT2D eigenvalue weighted by atomic mass is 10.0. The number of amides is 1. The largest absolute Gasteiger partial charge is 0.332 e. The van der Waals surface area contributed by atoms with Gasteiger partial charge in [-0.1, -0.05) is 129 Å². The third-order valence-corrected chi connectivity index (χ3v) is 5.52. The SMILES string of the molecule is CCCCCCCCCCCCCCCCCCCCCC=CNC(=O)CN. The van der Waals surface area contributed by atoms with E-state index in [0.717, 1.165) is 6.42 Å². The van der Waals surface area contributed by atoms with Crippen LogP contribution in [0, 0.1) is 0 Å². The summed E-state index contributed by atoms with van der Waals surface area (Å²) in [6, 6.07) is 0. The van der Waals surface area contributed by atoms with E-state index in [9.17, 15) is 4.79 Å². The maximum atomic E-state index is 10.9.